The SMILES string of the molecule is CC(=O)CC(C)S(=O)(=O)N(F)c1cc(Cl)ccc1-n1c(=O)cc(C(F)(F)F)n(C)c1=O. The predicted octanol–water partition coefficient (Wildman–Crippen LogP) is 2.60. The number of sulfonamides is 1. The molecule has 1 atom stereocenters. The second-order valence-corrected chi connectivity index (χ2v) is 9.24. The molecule has 2 aromatic rings. The summed E-state index contributed by atoms with van der Waals surface area (Å²) in [6.07, 6.45) is -5.55. The molecular weight excluding hydrogens is 470 g/mol. The van der Waals surface area contributed by atoms with Gasteiger partial charge in [0.2, 0.25) is 0 Å². The number of Topliss-reactive ketones (excluding diaryl/α,β-unsaturated/α-hetero) is 1. The Balaban J connectivity index is 2.79. The summed E-state index contributed by atoms with van der Waals surface area (Å²) in [7, 11) is -4.07. The Kier molecular flexibility index (Phi) is 6.71. The van der Waals surface area contributed by atoms with Crippen LogP contribution in [0.15, 0.2) is 33.9 Å². The fourth-order valence-corrected chi connectivity index (χ4v) is 4.10. The number of alkyl halides is 3. The number of benzene rings is 1. The summed E-state index contributed by atoms with van der Waals surface area (Å²) in [5, 5.41) is -1.71. The van der Waals surface area contributed by atoms with Crippen LogP contribution in [0.3, 0.4) is 0 Å². The van der Waals surface area contributed by atoms with Crippen molar-refractivity contribution in [2.45, 2.75) is 31.7 Å². The second kappa shape index (κ2) is 8.46. The maximum Gasteiger partial charge on any atom is 0.431 e. The van der Waals surface area contributed by atoms with Gasteiger partial charge in [-0.25, -0.2) is 17.8 Å². The molecule has 0 spiro atoms. The van der Waals surface area contributed by atoms with Gasteiger partial charge in [0.1, 0.15) is 17.2 Å². The summed E-state index contributed by atoms with van der Waals surface area (Å²) in [4.78, 5) is 36.1. The van der Waals surface area contributed by atoms with Gasteiger partial charge in [0.05, 0.1) is 10.9 Å². The zero-order valence-corrected chi connectivity index (χ0v) is 17.8. The van der Waals surface area contributed by atoms with Crippen LogP contribution in [0.1, 0.15) is 26.0 Å². The highest BCUT2D eigenvalue weighted by molar-refractivity contribution is 7.93. The largest absolute Gasteiger partial charge is 0.431 e. The van der Waals surface area contributed by atoms with Crippen molar-refractivity contribution in [2.24, 2.45) is 7.05 Å². The zero-order chi connectivity index (χ0) is 23.9. The highest BCUT2D eigenvalue weighted by Gasteiger charge is 2.36. The number of anilines is 1. The summed E-state index contributed by atoms with van der Waals surface area (Å²) in [6, 6.07) is 2.89. The summed E-state index contributed by atoms with van der Waals surface area (Å²) in [6.45, 7) is 2.17. The second-order valence-electron chi connectivity index (χ2n) is 6.65. The van der Waals surface area contributed by atoms with Gasteiger partial charge in [0.15, 0.2) is 0 Å². The first kappa shape index (κ1) is 24.6. The molecule has 0 bridgehead atoms. The lowest BCUT2D eigenvalue weighted by Crippen LogP contribution is -2.41. The number of hydrogen-bond acceptors (Lipinski definition) is 5. The highest BCUT2D eigenvalue weighted by Crippen LogP contribution is 2.32. The van der Waals surface area contributed by atoms with Crippen molar-refractivity contribution in [3.05, 3.63) is 55.8 Å². The summed E-state index contributed by atoms with van der Waals surface area (Å²) >= 11 is 5.80. The minimum absolute atomic E-state index is 0.120. The van der Waals surface area contributed by atoms with E-state index in [2.05, 4.69) is 0 Å². The van der Waals surface area contributed by atoms with Crippen LogP contribution in [0.4, 0.5) is 23.3 Å². The van der Waals surface area contributed by atoms with Crippen molar-refractivity contribution < 1.29 is 30.9 Å². The topological polar surface area (TPSA) is 98.4 Å². The molecule has 0 aliphatic heterocycles. The van der Waals surface area contributed by atoms with Gasteiger partial charge in [0, 0.05) is 24.6 Å². The normalized spacial score (nSPS) is 13.2. The Morgan fingerprint density at radius 2 is 1.81 bits per heavy atom. The minimum Gasteiger partial charge on any atom is -0.300 e. The lowest BCUT2D eigenvalue weighted by atomic mass is 10.2. The van der Waals surface area contributed by atoms with Crippen LogP contribution in [-0.2, 0) is 28.0 Å². The highest BCUT2D eigenvalue weighted by atomic mass is 35.5. The monoisotopic (exact) mass is 485 g/mol. The first-order chi connectivity index (χ1) is 14.1. The van der Waals surface area contributed by atoms with Gasteiger partial charge < -0.3 is 0 Å². The Hall–Kier alpha value is -2.67. The van der Waals surface area contributed by atoms with E-state index in [4.69, 9.17) is 11.6 Å². The Morgan fingerprint density at radius 3 is 2.32 bits per heavy atom. The van der Waals surface area contributed by atoms with Crippen LogP contribution < -0.4 is 15.8 Å². The number of carbonyl (C=O) groups excluding carboxylic acids is 1. The average Bonchev–Trinajstić information content (AvgIpc) is 2.63. The van der Waals surface area contributed by atoms with Gasteiger partial charge in [0.25, 0.3) is 15.6 Å². The lowest BCUT2D eigenvalue weighted by Gasteiger charge is -2.22. The average molecular weight is 486 g/mol. The van der Waals surface area contributed by atoms with Crippen LogP contribution >= 0.6 is 11.6 Å². The molecule has 0 fully saturated rings. The summed E-state index contributed by atoms with van der Waals surface area (Å²) in [5.41, 5.74) is -6.06. The molecule has 0 amide bonds. The van der Waals surface area contributed by atoms with E-state index < -0.39 is 66.5 Å². The van der Waals surface area contributed by atoms with E-state index in [1.807, 2.05) is 0 Å². The van der Waals surface area contributed by atoms with Gasteiger partial charge in [-0.05, 0) is 32.0 Å². The van der Waals surface area contributed by atoms with Gasteiger partial charge in [-0.3, -0.25) is 14.2 Å². The molecule has 1 unspecified atom stereocenters. The molecule has 1 aromatic carbocycles. The maximum atomic E-state index is 15.0. The van der Waals surface area contributed by atoms with Gasteiger partial charge in [-0.15, -0.1) is 0 Å². The van der Waals surface area contributed by atoms with Crippen LogP contribution in [0.2, 0.25) is 5.02 Å². The fourth-order valence-electron chi connectivity index (χ4n) is 2.75. The molecule has 0 aliphatic rings. The van der Waals surface area contributed by atoms with Crippen molar-refractivity contribution >= 4 is 33.1 Å². The zero-order valence-electron chi connectivity index (χ0n) is 16.3. The van der Waals surface area contributed by atoms with Crippen LogP contribution in [0.5, 0.6) is 0 Å². The van der Waals surface area contributed by atoms with Crippen molar-refractivity contribution in [3.63, 3.8) is 0 Å². The molecule has 0 radical (unpaired) electrons. The van der Waals surface area contributed by atoms with Crippen LogP contribution in [0.25, 0.3) is 5.69 Å². The number of nitrogens with zero attached hydrogens (tertiary/aromatic N) is 3. The molecule has 31 heavy (non-hydrogen) atoms. The van der Waals surface area contributed by atoms with E-state index >= 15 is 4.48 Å². The van der Waals surface area contributed by atoms with Crippen molar-refractivity contribution in [1.82, 2.24) is 9.13 Å². The maximum absolute atomic E-state index is 15.0. The Morgan fingerprint density at radius 1 is 1.23 bits per heavy atom. The third-order valence-corrected chi connectivity index (χ3v) is 6.35. The van der Waals surface area contributed by atoms with E-state index in [-0.39, 0.29) is 20.2 Å². The van der Waals surface area contributed by atoms with Crippen molar-refractivity contribution in [1.29, 1.82) is 0 Å². The van der Waals surface area contributed by atoms with Crippen molar-refractivity contribution in [3.8, 4) is 5.69 Å². The number of aromatic nitrogens is 2. The Bertz CT molecular complexity index is 1250. The molecule has 1 heterocycles. The fraction of sp³-hybridized carbons (Fsp3) is 0.353. The van der Waals surface area contributed by atoms with E-state index in [1.165, 1.54) is 0 Å². The smallest absolute Gasteiger partial charge is 0.300 e. The first-order valence-corrected chi connectivity index (χ1v) is 10.4. The molecule has 14 heteroatoms. The van der Waals surface area contributed by atoms with Gasteiger partial charge >= 0.3 is 11.9 Å². The lowest BCUT2D eigenvalue weighted by molar-refractivity contribution is -0.144. The molecular formula is C17H16ClF4N3O5S. The van der Waals surface area contributed by atoms with Crippen molar-refractivity contribution in [2.75, 3.05) is 4.53 Å². The molecule has 0 N–H and O–H groups in total. The molecule has 0 saturated carbocycles. The molecule has 170 valence electrons. The number of halogens is 5. The first-order valence-electron chi connectivity index (χ1n) is 8.48. The number of ketones is 1. The number of hydrogen-bond donors (Lipinski definition) is 0. The van der Waals surface area contributed by atoms with E-state index in [9.17, 15) is 36.0 Å². The standard InChI is InChI=1S/C17H16ClF4N3O5S/c1-9(26)6-10(2)31(29,30)25(22)13-7-11(18)4-5-12(13)24-15(27)8-14(17(19,20)21)23(3)16(24)28/h4-5,7-8,10H,6H2,1-3H3. The van der Waals surface area contributed by atoms with E-state index in [0.717, 1.165) is 39.1 Å². The quantitative estimate of drug-likeness (QED) is 0.462. The number of carbonyl (C=O) groups is 1. The molecule has 1 aromatic heterocycles. The molecule has 0 aliphatic carbocycles. The Labute approximate surface area is 178 Å². The van der Waals surface area contributed by atoms with Crippen LogP contribution in [-0.4, -0.2) is 28.6 Å². The minimum atomic E-state index is -5.02. The van der Waals surface area contributed by atoms with Gasteiger partial charge in [-0.1, -0.05) is 20.6 Å². The van der Waals surface area contributed by atoms with Gasteiger partial charge in [-0.2, -0.15) is 13.2 Å². The number of rotatable bonds is 6. The molecule has 8 nitrogen and oxygen atoms in total. The third-order valence-electron chi connectivity index (χ3n) is 4.29. The van der Waals surface area contributed by atoms with Crippen LogP contribution in [0, 0.1) is 0 Å². The molecule has 2 rings (SSSR count). The molecule has 0 saturated heterocycles. The third kappa shape index (κ3) is 4.82. The van der Waals surface area contributed by atoms with E-state index in [0.29, 0.717) is 0 Å². The predicted molar refractivity (Wildman–Crippen MR) is 105 cm³/mol. The summed E-state index contributed by atoms with van der Waals surface area (Å²) in [5.74, 6) is -0.538. The summed E-state index contributed by atoms with van der Waals surface area (Å²) < 4.78 is 78.8. The van der Waals surface area contributed by atoms with E-state index in [1.54, 1.807) is 0 Å².